The zero-order valence-electron chi connectivity index (χ0n) is 15.0. The Bertz CT molecular complexity index is 671. The van der Waals surface area contributed by atoms with E-state index in [1.807, 2.05) is 48.5 Å². The van der Waals surface area contributed by atoms with E-state index in [1.54, 1.807) is 0 Å². The Labute approximate surface area is 145 Å². The second-order valence-corrected chi connectivity index (χ2v) is 6.84. The number of benzene rings is 2. The molecule has 0 aliphatic heterocycles. The number of anilines is 1. The monoisotopic (exact) mass is 321 g/mol. The SMILES string of the molecule is CN(C)CC(C)(C)C(/C=C/c1ccccc1)=N/Nc1ccccc1. The zero-order valence-corrected chi connectivity index (χ0v) is 15.0. The molecule has 0 fully saturated rings. The van der Waals surface area contributed by atoms with E-state index >= 15 is 0 Å². The summed E-state index contributed by atoms with van der Waals surface area (Å²) in [5, 5.41) is 4.69. The van der Waals surface area contributed by atoms with Gasteiger partial charge in [0.1, 0.15) is 0 Å². The van der Waals surface area contributed by atoms with Gasteiger partial charge in [0.05, 0.1) is 11.4 Å². The summed E-state index contributed by atoms with van der Waals surface area (Å²) >= 11 is 0. The fourth-order valence-corrected chi connectivity index (χ4v) is 2.66. The number of nitrogens with one attached hydrogen (secondary N) is 1. The Kier molecular flexibility index (Phi) is 6.33. The Hall–Kier alpha value is -2.39. The lowest BCUT2D eigenvalue weighted by molar-refractivity contribution is 0.311. The van der Waals surface area contributed by atoms with Crippen LogP contribution in [0.1, 0.15) is 19.4 Å². The molecular formula is C21H27N3. The van der Waals surface area contributed by atoms with E-state index in [4.69, 9.17) is 0 Å². The lowest BCUT2D eigenvalue weighted by Crippen LogP contribution is -2.35. The molecule has 3 heteroatoms. The summed E-state index contributed by atoms with van der Waals surface area (Å²) in [5.41, 5.74) is 6.28. The van der Waals surface area contributed by atoms with Crippen LogP contribution in [0.4, 0.5) is 5.69 Å². The van der Waals surface area contributed by atoms with E-state index in [2.05, 4.69) is 67.7 Å². The molecule has 0 amide bonds. The number of hydrogen-bond acceptors (Lipinski definition) is 3. The lowest BCUT2D eigenvalue weighted by Gasteiger charge is -2.28. The standard InChI is InChI=1S/C21H27N3/c1-21(2,17-24(3)4)20(16-15-18-11-7-5-8-12-18)23-22-19-13-9-6-10-14-19/h5-16,22H,17H2,1-4H3/b16-15+,23-20+. The van der Waals surface area contributed by atoms with Crippen molar-refractivity contribution in [3.05, 3.63) is 72.3 Å². The summed E-state index contributed by atoms with van der Waals surface area (Å²) < 4.78 is 0. The van der Waals surface area contributed by atoms with Gasteiger partial charge in [-0.15, -0.1) is 0 Å². The van der Waals surface area contributed by atoms with Crippen molar-refractivity contribution in [2.45, 2.75) is 13.8 Å². The van der Waals surface area contributed by atoms with Crippen molar-refractivity contribution < 1.29 is 0 Å². The number of hydrazone groups is 1. The summed E-state index contributed by atoms with van der Waals surface area (Å²) in [6.07, 6.45) is 4.22. The van der Waals surface area contributed by atoms with Crippen molar-refractivity contribution in [2.24, 2.45) is 10.5 Å². The summed E-state index contributed by atoms with van der Waals surface area (Å²) in [6, 6.07) is 20.3. The van der Waals surface area contributed by atoms with Gasteiger partial charge >= 0.3 is 0 Å². The molecular weight excluding hydrogens is 294 g/mol. The number of rotatable bonds is 7. The Balaban J connectivity index is 2.25. The maximum absolute atomic E-state index is 4.69. The van der Waals surface area contributed by atoms with Gasteiger partial charge in [-0.25, -0.2) is 0 Å². The average molecular weight is 321 g/mol. The zero-order chi connectivity index (χ0) is 17.4. The van der Waals surface area contributed by atoms with Gasteiger partial charge in [0.15, 0.2) is 0 Å². The minimum atomic E-state index is -0.0729. The molecule has 2 aromatic rings. The van der Waals surface area contributed by atoms with Gasteiger partial charge in [0, 0.05) is 12.0 Å². The molecule has 0 saturated carbocycles. The van der Waals surface area contributed by atoms with Crippen LogP contribution < -0.4 is 5.43 Å². The molecule has 0 heterocycles. The first-order chi connectivity index (χ1) is 11.5. The highest BCUT2D eigenvalue weighted by molar-refractivity contribution is 6.02. The smallest absolute Gasteiger partial charge is 0.0676 e. The first-order valence-corrected chi connectivity index (χ1v) is 8.24. The maximum atomic E-state index is 4.69. The highest BCUT2D eigenvalue weighted by atomic mass is 15.3. The second-order valence-electron chi connectivity index (χ2n) is 6.84. The highest BCUT2D eigenvalue weighted by Gasteiger charge is 2.24. The van der Waals surface area contributed by atoms with E-state index in [0.717, 1.165) is 17.9 Å². The van der Waals surface area contributed by atoms with Crippen LogP contribution in [0.3, 0.4) is 0 Å². The second kappa shape index (κ2) is 8.46. The van der Waals surface area contributed by atoms with Gasteiger partial charge in [-0.05, 0) is 37.9 Å². The largest absolute Gasteiger partial charge is 0.308 e. The van der Waals surface area contributed by atoms with Crippen LogP contribution in [0.2, 0.25) is 0 Å². The van der Waals surface area contributed by atoms with Crippen molar-refractivity contribution in [1.82, 2.24) is 4.90 Å². The molecule has 0 atom stereocenters. The molecule has 0 unspecified atom stereocenters. The molecule has 126 valence electrons. The van der Waals surface area contributed by atoms with Gasteiger partial charge in [-0.3, -0.25) is 5.43 Å². The summed E-state index contributed by atoms with van der Waals surface area (Å²) in [6.45, 7) is 5.35. The molecule has 1 N–H and O–H groups in total. The van der Waals surface area contributed by atoms with Crippen LogP contribution in [0, 0.1) is 5.41 Å². The van der Waals surface area contributed by atoms with Crippen LogP contribution in [0.25, 0.3) is 6.08 Å². The van der Waals surface area contributed by atoms with E-state index in [-0.39, 0.29) is 5.41 Å². The van der Waals surface area contributed by atoms with E-state index in [0.29, 0.717) is 0 Å². The van der Waals surface area contributed by atoms with Crippen LogP contribution >= 0.6 is 0 Å². The van der Waals surface area contributed by atoms with E-state index in [1.165, 1.54) is 5.56 Å². The normalized spacial score (nSPS) is 12.8. The topological polar surface area (TPSA) is 27.6 Å². The molecule has 0 aromatic heterocycles. The van der Waals surface area contributed by atoms with Gasteiger partial charge in [0.2, 0.25) is 0 Å². The predicted octanol–water partition coefficient (Wildman–Crippen LogP) is 4.76. The minimum Gasteiger partial charge on any atom is -0.308 e. The minimum absolute atomic E-state index is 0.0729. The van der Waals surface area contributed by atoms with Crippen LogP contribution in [0.15, 0.2) is 71.8 Å². The van der Waals surface area contributed by atoms with Crippen molar-refractivity contribution >= 4 is 17.5 Å². The van der Waals surface area contributed by atoms with E-state index < -0.39 is 0 Å². The highest BCUT2D eigenvalue weighted by Crippen LogP contribution is 2.21. The molecule has 2 rings (SSSR count). The summed E-state index contributed by atoms with van der Waals surface area (Å²) in [7, 11) is 4.18. The number of para-hydroxylation sites is 1. The third-order valence-corrected chi connectivity index (χ3v) is 3.72. The fraction of sp³-hybridized carbons (Fsp3) is 0.286. The first kappa shape index (κ1) is 18.0. The Morgan fingerprint density at radius 2 is 1.58 bits per heavy atom. The summed E-state index contributed by atoms with van der Waals surface area (Å²) in [4.78, 5) is 2.19. The lowest BCUT2D eigenvalue weighted by atomic mass is 9.86. The Morgan fingerprint density at radius 3 is 2.17 bits per heavy atom. The van der Waals surface area contributed by atoms with Gasteiger partial charge < -0.3 is 4.90 Å². The molecule has 3 nitrogen and oxygen atoms in total. The molecule has 2 aromatic carbocycles. The average Bonchev–Trinajstić information content (AvgIpc) is 2.55. The van der Waals surface area contributed by atoms with Gasteiger partial charge in [-0.1, -0.05) is 68.5 Å². The van der Waals surface area contributed by atoms with Crippen molar-refractivity contribution in [2.75, 3.05) is 26.1 Å². The van der Waals surface area contributed by atoms with E-state index in [9.17, 15) is 0 Å². The third-order valence-electron chi connectivity index (χ3n) is 3.72. The van der Waals surface area contributed by atoms with Crippen molar-refractivity contribution in [3.8, 4) is 0 Å². The van der Waals surface area contributed by atoms with Gasteiger partial charge in [0.25, 0.3) is 0 Å². The fourth-order valence-electron chi connectivity index (χ4n) is 2.66. The molecule has 0 saturated heterocycles. The number of nitrogens with zero attached hydrogens (tertiary/aromatic N) is 2. The predicted molar refractivity (Wildman–Crippen MR) is 105 cm³/mol. The molecule has 24 heavy (non-hydrogen) atoms. The van der Waals surface area contributed by atoms with Crippen molar-refractivity contribution in [1.29, 1.82) is 0 Å². The van der Waals surface area contributed by atoms with Crippen LogP contribution in [-0.2, 0) is 0 Å². The van der Waals surface area contributed by atoms with Crippen molar-refractivity contribution in [3.63, 3.8) is 0 Å². The summed E-state index contributed by atoms with van der Waals surface area (Å²) in [5.74, 6) is 0. The number of hydrogen-bond donors (Lipinski definition) is 1. The molecule has 0 radical (unpaired) electrons. The van der Waals surface area contributed by atoms with Crippen LogP contribution in [0.5, 0.6) is 0 Å². The molecule has 0 aliphatic carbocycles. The Morgan fingerprint density at radius 1 is 1.00 bits per heavy atom. The van der Waals surface area contributed by atoms with Crippen LogP contribution in [-0.4, -0.2) is 31.3 Å². The molecule has 0 spiro atoms. The molecule has 0 aliphatic rings. The van der Waals surface area contributed by atoms with Gasteiger partial charge in [-0.2, -0.15) is 5.10 Å². The molecule has 0 bridgehead atoms. The first-order valence-electron chi connectivity index (χ1n) is 8.24. The quantitative estimate of drug-likeness (QED) is 0.588. The maximum Gasteiger partial charge on any atom is 0.0676 e. The third kappa shape index (κ3) is 5.67. The number of allylic oxidation sites excluding steroid dienone is 1.